The fourth-order valence-corrected chi connectivity index (χ4v) is 4.63. The molecule has 0 saturated heterocycles. The van der Waals surface area contributed by atoms with Crippen LogP contribution in [0.4, 0.5) is 14.6 Å². The number of ketones is 1. The highest BCUT2D eigenvalue weighted by atomic mass is 19.3. The van der Waals surface area contributed by atoms with Crippen molar-refractivity contribution in [2.24, 2.45) is 5.41 Å². The third-order valence-corrected chi connectivity index (χ3v) is 6.05. The number of halogens is 2. The van der Waals surface area contributed by atoms with Gasteiger partial charge in [-0.2, -0.15) is 0 Å². The second-order valence-electron chi connectivity index (χ2n) is 8.49. The van der Waals surface area contributed by atoms with Gasteiger partial charge in [-0.05, 0) is 17.9 Å². The van der Waals surface area contributed by atoms with Crippen molar-refractivity contribution in [1.82, 2.24) is 20.1 Å². The molecule has 1 aliphatic carbocycles. The molecule has 0 radical (unpaired) electrons. The Kier molecular flexibility index (Phi) is 3.97. The van der Waals surface area contributed by atoms with Crippen LogP contribution < -0.4 is 4.90 Å². The van der Waals surface area contributed by atoms with Crippen LogP contribution in [0.15, 0.2) is 23.1 Å². The number of hydrogen-bond donors (Lipinski definition) is 1. The van der Waals surface area contributed by atoms with Crippen molar-refractivity contribution in [2.75, 3.05) is 11.4 Å². The minimum Gasteiger partial charge on any atom is -0.360 e. The van der Waals surface area contributed by atoms with Crippen molar-refractivity contribution in [3.8, 4) is 0 Å². The molecule has 0 bridgehead atoms. The first-order chi connectivity index (χ1) is 13.8. The van der Waals surface area contributed by atoms with Gasteiger partial charge in [0.25, 0.3) is 0 Å². The zero-order chi connectivity index (χ0) is 20.2. The monoisotopic (exact) mass is 401 g/mol. The van der Waals surface area contributed by atoms with Crippen LogP contribution in [0.1, 0.15) is 54.4 Å². The van der Waals surface area contributed by atoms with E-state index in [1.165, 1.54) is 6.33 Å². The maximum Gasteiger partial charge on any atom is 0.249 e. The molecule has 2 aliphatic rings. The molecule has 0 aromatic carbocycles. The number of hydrogen-bond acceptors (Lipinski definition) is 6. The standard InChI is InChI=1S/C20H21F2N5O2/c1-19(9-20(21,22)10-19)5-2-14(28)16-13-8-27(7-4-15(13)29-26-16)18-12-3-6-23-17(12)24-11-25-18/h3,6,11H,2,4-5,7-10H2,1H3,(H,23,24,25). The molecule has 3 aromatic rings. The lowest BCUT2D eigenvalue weighted by molar-refractivity contribution is -0.156. The van der Waals surface area contributed by atoms with E-state index in [-0.39, 0.29) is 25.0 Å². The maximum atomic E-state index is 13.2. The van der Waals surface area contributed by atoms with E-state index in [2.05, 4.69) is 25.0 Å². The van der Waals surface area contributed by atoms with E-state index in [9.17, 15) is 13.6 Å². The molecule has 0 unspecified atom stereocenters. The maximum absolute atomic E-state index is 13.2. The van der Waals surface area contributed by atoms with E-state index in [1.807, 2.05) is 19.2 Å². The summed E-state index contributed by atoms with van der Waals surface area (Å²) < 4.78 is 31.8. The summed E-state index contributed by atoms with van der Waals surface area (Å²) in [6.45, 7) is 2.97. The first-order valence-corrected chi connectivity index (χ1v) is 9.75. The average Bonchev–Trinajstić information content (AvgIpc) is 3.30. The van der Waals surface area contributed by atoms with Gasteiger partial charge >= 0.3 is 0 Å². The predicted molar refractivity (Wildman–Crippen MR) is 101 cm³/mol. The van der Waals surface area contributed by atoms with Gasteiger partial charge in [0.2, 0.25) is 5.92 Å². The number of nitrogens with zero attached hydrogens (tertiary/aromatic N) is 4. The molecule has 1 saturated carbocycles. The minimum absolute atomic E-state index is 0.150. The number of aromatic nitrogens is 4. The van der Waals surface area contributed by atoms with E-state index < -0.39 is 11.3 Å². The van der Waals surface area contributed by atoms with Crippen LogP contribution in [0, 0.1) is 5.41 Å². The first-order valence-electron chi connectivity index (χ1n) is 9.75. The molecule has 1 aliphatic heterocycles. The Morgan fingerprint density at radius 2 is 2.17 bits per heavy atom. The average molecular weight is 401 g/mol. The highest BCUT2D eigenvalue weighted by Crippen LogP contribution is 2.54. The van der Waals surface area contributed by atoms with E-state index in [0.717, 1.165) is 22.4 Å². The zero-order valence-electron chi connectivity index (χ0n) is 16.0. The van der Waals surface area contributed by atoms with Gasteiger partial charge in [0.05, 0.1) is 11.9 Å². The summed E-state index contributed by atoms with van der Waals surface area (Å²) in [6, 6.07) is 1.93. The first kappa shape index (κ1) is 18.2. The number of Topliss-reactive ketones (excluding diaryl/α,β-unsaturated/α-hetero) is 1. The number of fused-ring (bicyclic) bond motifs is 2. The summed E-state index contributed by atoms with van der Waals surface area (Å²) in [6.07, 6.45) is 4.27. The van der Waals surface area contributed by atoms with Gasteiger partial charge in [-0.25, -0.2) is 18.7 Å². The smallest absolute Gasteiger partial charge is 0.249 e. The summed E-state index contributed by atoms with van der Waals surface area (Å²) in [5.41, 5.74) is 1.37. The van der Waals surface area contributed by atoms with Crippen molar-refractivity contribution in [2.45, 2.75) is 51.5 Å². The number of carbonyl (C=O) groups excluding carboxylic acids is 1. The van der Waals surface area contributed by atoms with Crippen molar-refractivity contribution in [3.63, 3.8) is 0 Å². The molecular weight excluding hydrogens is 380 g/mol. The number of rotatable bonds is 5. The van der Waals surface area contributed by atoms with Crippen LogP contribution in [0.3, 0.4) is 0 Å². The van der Waals surface area contributed by atoms with Crippen molar-refractivity contribution >= 4 is 22.6 Å². The Morgan fingerprint density at radius 1 is 1.34 bits per heavy atom. The van der Waals surface area contributed by atoms with Gasteiger partial charge in [0.15, 0.2) is 11.5 Å². The van der Waals surface area contributed by atoms with Crippen LogP contribution in [-0.2, 0) is 13.0 Å². The largest absolute Gasteiger partial charge is 0.360 e. The molecule has 7 nitrogen and oxygen atoms in total. The van der Waals surface area contributed by atoms with Gasteiger partial charge in [0, 0.05) is 44.0 Å². The topological polar surface area (TPSA) is 87.9 Å². The minimum atomic E-state index is -2.59. The van der Waals surface area contributed by atoms with E-state index in [0.29, 0.717) is 37.4 Å². The molecule has 4 heterocycles. The third kappa shape index (κ3) is 3.18. The summed E-state index contributed by atoms with van der Waals surface area (Å²) in [5.74, 6) is -1.23. The molecule has 5 rings (SSSR count). The van der Waals surface area contributed by atoms with Crippen LogP contribution >= 0.6 is 0 Å². The molecular formula is C20H21F2N5O2. The third-order valence-electron chi connectivity index (χ3n) is 6.05. The molecule has 0 spiro atoms. The van der Waals surface area contributed by atoms with Gasteiger partial charge in [0.1, 0.15) is 23.6 Å². The van der Waals surface area contributed by atoms with Crippen LogP contribution in [0.2, 0.25) is 0 Å². The molecule has 0 amide bonds. The Hall–Kier alpha value is -2.84. The van der Waals surface area contributed by atoms with E-state index >= 15 is 0 Å². The van der Waals surface area contributed by atoms with Crippen LogP contribution in [0.5, 0.6) is 0 Å². The van der Waals surface area contributed by atoms with Crippen molar-refractivity contribution in [3.05, 3.63) is 35.6 Å². The SMILES string of the molecule is CC1(CCC(=O)c2noc3c2CN(c2ncnc4[nH]ccc24)CC3)CC(F)(F)C1. The number of aromatic amines is 1. The number of carbonyl (C=O) groups is 1. The molecule has 9 heteroatoms. The predicted octanol–water partition coefficient (Wildman–Crippen LogP) is 3.91. The summed E-state index contributed by atoms with van der Waals surface area (Å²) in [4.78, 5) is 26.6. The quantitative estimate of drug-likeness (QED) is 0.652. The molecule has 29 heavy (non-hydrogen) atoms. The fourth-order valence-electron chi connectivity index (χ4n) is 4.63. The number of alkyl halides is 2. The molecule has 1 N–H and O–H groups in total. The highest BCUT2D eigenvalue weighted by molar-refractivity contribution is 5.96. The van der Waals surface area contributed by atoms with Gasteiger partial charge < -0.3 is 14.4 Å². The lowest BCUT2D eigenvalue weighted by Crippen LogP contribution is -2.44. The second-order valence-corrected chi connectivity index (χ2v) is 8.49. The Bertz CT molecular complexity index is 1080. The highest BCUT2D eigenvalue weighted by Gasteiger charge is 2.53. The van der Waals surface area contributed by atoms with Crippen molar-refractivity contribution in [1.29, 1.82) is 0 Å². The van der Waals surface area contributed by atoms with Crippen LogP contribution in [-0.4, -0.2) is 38.4 Å². The van der Waals surface area contributed by atoms with Gasteiger partial charge in [-0.1, -0.05) is 12.1 Å². The Balaban J connectivity index is 1.33. The second kappa shape index (κ2) is 6.33. The van der Waals surface area contributed by atoms with Crippen LogP contribution in [0.25, 0.3) is 11.0 Å². The zero-order valence-corrected chi connectivity index (χ0v) is 16.0. The number of anilines is 1. The summed E-state index contributed by atoms with van der Waals surface area (Å²) in [7, 11) is 0. The number of nitrogens with one attached hydrogen (secondary N) is 1. The Labute approximate surface area is 165 Å². The lowest BCUT2D eigenvalue weighted by Gasteiger charge is -2.44. The molecule has 152 valence electrons. The van der Waals surface area contributed by atoms with E-state index in [4.69, 9.17) is 4.52 Å². The molecule has 1 fully saturated rings. The Morgan fingerprint density at radius 3 is 2.97 bits per heavy atom. The summed E-state index contributed by atoms with van der Waals surface area (Å²) >= 11 is 0. The molecule has 0 atom stereocenters. The molecule has 3 aromatic heterocycles. The van der Waals surface area contributed by atoms with Gasteiger partial charge in [-0.3, -0.25) is 4.79 Å². The van der Waals surface area contributed by atoms with Crippen molar-refractivity contribution < 1.29 is 18.1 Å². The number of H-pyrrole nitrogens is 1. The fraction of sp³-hybridized carbons (Fsp3) is 0.500. The summed E-state index contributed by atoms with van der Waals surface area (Å²) in [5, 5.41) is 4.93. The van der Waals surface area contributed by atoms with E-state index in [1.54, 1.807) is 0 Å². The normalized spacial score (nSPS) is 19.8. The van der Waals surface area contributed by atoms with Gasteiger partial charge in [-0.15, -0.1) is 0 Å². The lowest BCUT2D eigenvalue weighted by atomic mass is 9.65.